The Kier molecular flexibility index (Phi) is 4.95. The highest BCUT2D eigenvalue weighted by atomic mass is 16.5. The van der Waals surface area contributed by atoms with Crippen molar-refractivity contribution >= 4 is 0 Å². The molecule has 1 aliphatic heterocycles. The lowest BCUT2D eigenvalue weighted by Crippen LogP contribution is -2.43. The molecule has 1 fully saturated rings. The van der Waals surface area contributed by atoms with Crippen molar-refractivity contribution in [2.24, 2.45) is 0 Å². The van der Waals surface area contributed by atoms with Crippen LogP contribution in [0.5, 0.6) is 0 Å². The standard InChI is InChI=1S/C16H22N2O/c1-13(2)15-6-7-16(17-11-15)5-4-8-18-9-10-19-12-14(18)3/h6-7,11,13-14H,8-10,12H2,1-3H3. The second-order valence-corrected chi connectivity index (χ2v) is 5.33. The minimum Gasteiger partial charge on any atom is -0.379 e. The quantitative estimate of drug-likeness (QED) is 0.761. The Morgan fingerprint density at radius 3 is 2.95 bits per heavy atom. The summed E-state index contributed by atoms with van der Waals surface area (Å²) < 4.78 is 5.41. The van der Waals surface area contributed by atoms with E-state index in [0.717, 1.165) is 32.0 Å². The Balaban J connectivity index is 1.92. The molecule has 0 bridgehead atoms. The van der Waals surface area contributed by atoms with Crippen LogP contribution in [-0.2, 0) is 4.74 Å². The Bertz CT molecular complexity index is 456. The number of hydrogen-bond acceptors (Lipinski definition) is 3. The van der Waals surface area contributed by atoms with E-state index in [1.807, 2.05) is 12.3 Å². The van der Waals surface area contributed by atoms with Crippen molar-refractivity contribution in [3.8, 4) is 11.8 Å². The highest BCUT2D eigenvalue weighted by molar-refractivity contribution is 5.30. The zero-order valence-corrected chi connectivity index (χ0v) is 12.0. The van der Waals surface area contributed by atoms with Crippen LogP contribution in [0.1, 0.15) is 37.9 Å². The van der Waals surface area contributed by atoms with Gasteiger partial charge in [0.1, 0.15) is 5.69 Å². The van der Waals surface area contributed by atoms with Gasteiger partial charge in [0.25, 0.3) is 0 Å². The molecule has 2 heterocycles. The fourth-order valence-corrected chi connectivity index (χ4v) is 2.05. The molecule has 0 aromatic carbocycles. The van der Waals surface area contributed by atoms with Gasteiger partial charge in [-0.2, -0.15) is 0 Å². The summed E-state index contributed by atoms with van der Waals surface area (Å²) in [5, 5.41) is 0. The molecule has 1 unspecified atom stereocenters. The summed E-state index contributed by atoms with van der Waals surface area (Å²) in [6.07, 6.45) is 1.92. The van der Waals surface area contributed by atoms with E-state index in [1.165, 1.54) is 5.56 Å². The molecule has 0 aliphatic carbocycles. The summed E-state index contributed by atoms with van der Waals surface area (Å²) in [7, 11) is 0. The van der Waals surface area contributed by atoms with Crippen LogP contribution >= 0.6 is 0 Å². The third kappa shape index (κ3) is 4.05. The maximum Gasteiger partial charge on any atom is 0.113 e. The molecule has 1 saturated heterocycles. The van der Waals surface area contributed by atoms with Crippen molar-refractivity contribution in [3.63, 3.8) is 0 Å². The second-order valence-electron chi connectivity index (χ2n) is 5.33. The molecule has 1 aromatic rings. The maximum atomic E-state index is 5.41. The van der Waals surface area contributed by atoms with Crippen LogP contribution in [0.3, 0.4) is 0 Å². The fraction of sp³-hybridized carbons (Fsp3) is 0.562. The third-order valence-corrected chi connectivity index (χ3v) is 3.46. The molecular weight excluding hydrogens is 236 g/mol. The van der Waals surface area contributed by atoms with Crippen molar-refractivity contribution in [2.45, 2.75) is 32.7 Å². The molecule has 0 radical (unpaired) electrons. The number of ether oxygens (including phenoxy) is 1. The van der Waals surface area contributed by atoms with Gasteiger partial charge >= 0.3 is 0 Å². The molecular formula is C16H22N2O. The van der Waals surface area contributed by atoms with E-state index in [2.05, 4.69) is 48.6 Å². The summed E-state index contributed by atoms with van der Waals surface area (Å²) >= 11 is 0. The van der Waals surface area contributed by atoms with Crippen molar-refractivity contribution in [2.75, 3.05) is 26.3 Å². The largest absolute Gasteiger partial charge is 0.379 e. The van der Waals surface area contributed by atoms with E-state index in [-0.39, 0.29) is 0 Å². The first-order valence-electron chi connectivity index (χ1n) is 6.93. The highest BCUT2D eigenvalue weighted by Crippen LogP contribution is 2.12. The van der Waals surface area contributed by atoms with E-state index in [9.17, 15) is 0 Å². The predicted octanol–water partition coefficient (Wildman–Crippen LogP) is 2.28. The predicted molar refractivity (Wildman–Crippen MR) is 77.1 cm³/mol. The minimum absolute atomic E-state index is 0.458. The number of nitrogens with zero attached hydrogens (tertiary/aromatic N) is 2. The average molecular weight is 258 g/mol. The Labute approximate surface area is 116 Å². The van der Waals surface area contributed by atoms with Crippen molar-refractivity contribution in [3.05, 3.63) is 29.6 Å². The molecule has 0 spiro atoms. The number of hydrogen-bond donors (Lipinski definition) is 0. The van der Waals surface area contributed by atoms with Gasteiger partial charge in [-0.1, -0.05) is 25.8 Å². The molecule has 1 aliphatic rings. The number of pyridine rings is 1. The van der Waals surface area contributed by atoms with E-state index in [1.54, 1.807) is 0 Å². The molecule has 3 nitrogen and oxygen atoms in total. The van der Waals surface area contributed by atoms with Gasteiger partial charge in [-0.25, -0.2) is 4.98 Å². The second kappa shape index (κ2) is 6.70. The first-order valence-corrected chi connectivity index (χ1v) is 6.93. The molecule has 2 rings (SSSR count). The first kappa shape index (κ1) is 14.0. The zero-order valence-electron chi connectivity index (χ0n) is 12.0. The molecule has 1 aromatic heterocycles. The maximum absolute atomic E-state index is 5.41. The zero-order chi connectivity index (χ0) is 13.7. The summed E-state index contributed by atoms with van der Waals surface area (Å²) in [4.78, 5) is 6.73. The SMILES string of the molecule is CC(C)c1ccc(C#CCN2CCOCC2C)nc1. The van der Waals surface area contributed by atoms with Crippen LogP contribution in [0.15, 0.2) is 18.3 Å². The Hall–Kier alpha value is -1.37. The van der Waals surface area contributed by atoms with Gasteiger partial charge in [-0.3, -0.25) is 4.90 Å². The highest BCUT2D eigenvalue weighted by Gasteiger charge is 2.16. The molecule has 0 amide bonds. The van der Waals surface area contributed by atoms with Gasteiger partial charge in [0.15, 0.2) is 0 Å². The van der Waals surface area contributed by atoms with Crippen LogP contribution in [0.4, 0.5) is 0 Å². The summed E-state index contributed by atoms with van der Waals surface area (Å²) in [5.41, 5.74) is 2.11. The van der Waals surface area contributed by atoms with E-state index < -0.39 is 0 Å². The van der Waals surface area contributed by atoms with Gasteiger partial charge in [0.2, 0.25) is 0 Å². The van der Waals surface area contributed by atoms with E-state index >= 15 is 0 Å². The van der Waals surface area contributed by atoms with Gasteiger partial charge in [0, 0.05) is 18.8 Å². The van der Waals surface area contributed by atoms with Crippen LogP contribution in [0.2, 0.25) is 0 Å². The third-order valence-electron chi connectivity index (χ3n) is 3.46. The minimum atomic E-state index is 0.458. The fourth-order valence-electron chi connectivity index (χ4n) is 2.05. The summed E-state index contributed by atoms with van der Waals surface area (Å²) in [6.45, 7) is 9.89. The van der Waals surface area contributed by atoms with E-state index in [0.29, 0.717) is 12.0 Å². The lowest BCUT2D eigenvalue weighted by molar-refractivity contribution is 0.00654. The topological polar surface area (TPSA) is 25.4 Å². The average Bonchev–Trinajstić information content (AvgIpc) is 2.41. The van der Waals surface area contributed by atoms with Crippen molar-refractivity contribution < 1.29 is 4.74 Å². The van der Waals surface area contributed by atoms with Crippen LogP contribution in [0, 0.1) is 11.8 Å². The molecule has 0 saturated carbocycles. The van der Waals surface area contributed by atoms with Gasteiger partial charge < -0.3 is 4.74 Å². The molecule has 3 heteroatoms. The lowest BCUT2D eigenvalue weighted by atomic mass is 10.1. The number of aromatic nitrogens is 1. The van der Waals surface area contributed by atoms with E-state index in [4.69, 9.17) is 4.74 Å². The van der Waals surface area contributed by atoms with Crippen LogP contribution in [-0.4, -0.2) is 42.2 Å². The van der Waals surface area contributed by atoms with Gasteiger partial charge in [0.05, 0.1) is 19.8 Å². The van der Waals surface area contributed by atoms with Crippen molar-refractivity contribution in [1.29, 1.82) is 0 Å². The molecule has 102 valence electrons. The van der Waals surface area contributed by atoms with Crippen LogP contribution < -0.4 is 0 Å². The Morgan fingerprint density at radius 2 is 2.32 bits per heavy atom. The van der Waals surface area contributed by atoms with Crippen LogP contribution in [0.25, 0.3) is 0 Å². The lowest BCUT2D eigenvalue weighted by Gasteiger charge is -2.31. The van der Waals surface area contributed by atoms with Gasteiger partial charge in [-0.05, 0) is 30.4 Å². The van der Waals surface area contributed by atoms with Gasteiger partial charge in [-0.15, -0.1) is 0 Å². The number of rotatable bonds is 2. The summed E-state index contributed by atoms with van der Waals surface area (Å²) in [5.74, 6) is 6.86. The normalized spacial score (nSPS) is 20.1. The number of morpholine rings is 1. The van der Waals surface area contributed by atoms with Crippen molar-refractivity contribution in [1.82, 2.24) is 9.88 Å². The summed E-state index contributed by atoms with van der Waals surface area (Å²) in [6, 6.07) is 4.57. The monoisotopic (exact) mass is 258 g/mol. The first-order chi connectivity index (χ1) is 9.16. The molecule has 1 atom stereocenters. The molecule has 0 N–H and O–H groups in total. The Morgan fingerprint density at radius 1 is 1.47 bits per heavy atom. The molecule has 19 heavy (non-hydrogen) atoms. The smallest absolute Gasteiger partial charge is 0.113 e.